The van der Waals surface area contributed by atoms with E-state index in [1.165, 1.54) is 81.1 Å². The summed E-state index contributed by atoms with van der Waals surface area (Å²) in [6.45, 7) is 2.27. The molecule has 3 heterocycles. The van der Waals surface area contributed by atoms with Crippen LogP contribution < -0.4 is 0 Å². The van der Waals surface area contributed by atoms with E-state index in [0.29, 0.717) is 6.42 Å². The molecular weight excluding hydrogens is 759 g/mol. The topological polar surface area (TPSA) is 30.2 Å². The van der Waals surface area contributed by atoms with Crippen molar-refractivity contribution in [2.45, 2.75) is 19.4 Å². The Balaban J connectivity index is 1.19. The molecular formula is C57H39N3S. The van der Waals surface area contributed by atoms with Crippen LogP contribution in [0.15, 0.2) is 211 Å². The quantitative estimate of drug-likeness (QED) is 0.160. The van der Waals surface area contributed by atoms with Gasteiger partial charge in [-0.15, -0.1) is 11.3 Å². The number of thiazole rings is 1. The molecule has 1 atom stereocenters. The van der Waals surface area contributed by atoms with Crippen LogP contribution in [0.25, 0.3) is 86.2 Å². The number of benzene rings is 9. The Bertz CT molecular complexity index is 3620. The lowest BCUT2D eigenvalue weighted by Crippen LogP contribution is -2.08. The van der Waals surface area contributed by atoms with Crippen molar-refractivity contribution in [1.29, 1.82) is 0 Å². The third-order valence-corrected chi connectivity index (χ3v) is 13.6. The molecule has 0 N–H and O–H groups in total. The van der Waals surface area contributed by atoms with Crippen LogP contribution in [0, 0.1) is 0 Å². The fourth-order valence-electron chi connectivity index (χ4n) is 9.69. The van der Waals surface area contributed by atoms with Crippen LogP contribution in [0.4, 0.5) is 0 Å². The van der Waals surface area contributed by atoms with Gasteiger partial charge < -0.3 is 4.57 Å². The van der Waals surface area contributed by atoms with Crippen LogP contribution in [0.5, 0.6) is 0 Å². The summed E-state index contributed by atoms with van der Waals surface area (Å²) < 4.78 is 3.68. The Morgan fingerprint density at radius 1 is 0.574 bits per heavy atom. The minimum absolute atomic E-state index is 0.276. The number of hydrogen-bond acceptors (Lipinski definition) is 3. The highest BCUT2D eigenvalue weighted by atomic mass is 32.1. The fraction of sp³-hybridized carbons (Fsp3) is 0.0526. The summed E-state index contributed by atoms with van der Waals surface area (Å²) in [4.78, 5) is 11.0. The third-order valence-electron chi connectivity index (χ3n) is 12.5. The van der Waals surface area contributed by atoms with Crippen molar-refractivity contribution < 1.29 is 0 Å². The monoisotopic (exact) mass is 797 g/mol. The first-order chi connectivity index (χ1) is 30.2. The molecule has 288 valence electrons. The molecule has 61 heavy (non-hydrogen) atoms. The van der Waals surface area contributed by atoms with E-state index in [1.54, 1.807) is 11.3 Å². The molecule has 2 aromatic heterocycles. The van der Waals surface area contributed by atoms with E-state index >= 15 is 0 Å². The molecule has 1 unspecified atom stereocenters. The molecule has 0 fully saturated rings. The number of nitrogens with zero attached hydrogens (tertiary/aromatic N) is 3. The van der Waals surface area contributed by atoms with Crippen LogP contribution in [0.3, 0.4) is 0 Å². The van der Waals surface area contributed by atoms with Crippen molar-refractivity contribution >= 4 is 87.0 Å². The zero-order valence-corrected chi connectivity index (χ0v) is 34.4. The Hall–Kier alpha value is -7.40. The SMILES string of the molecule is CC1=CC(c2cc3ccccc3c3ccc4c5ccccc5n(-c5cccc6nc(-c7ccccc7)sc56)c4c23)N=C(c2ccccc2)CC=C1c1cccc2ccccc12. The zero-order chi connectivity index (χ0) is 40.4. The van der Waals surface area contributed by atoms with Crippen molar-refractivity contribution in [3.05, 3.63) is 222 Å². The lowest BCUT2D eigenvalue weighted by molar-refractivity contribution is 0.909. The summed E-state index contributed by atoms with van der Waals surface area (Å²) >= 11 is 1.77. The molecule has 0 spiro atoms. The van der Waals surface area contributed by atoms with Crippen LogP contribution in [0.1, 0.15) is 36.1 Å². The number of para-hydroxylation sites is 1. The third kappa shape index (κ3) is 5.86. The molecule has 1 aliphatic rings. The zero-order valence-electron chi connectivity index (χ0n) is 33.6. The van der Waals surface area contributed by atoms with Gasteiger partial charge in [-0.1, -0.05) is 176 Å². The largest absolute Gasteiger partial charge is 0.307 e. The van der Waals surface area contributed by atoms with Crippen LogP contribution in [-0.2, 0) is 0 Å². The molecule has 11 aromatic rings. The second-order valence-corrected chi connectivity index (χ2v) is 17.0. The summed E-state index contributed by atoms with van der Waals surface area (Å²) in [6.07, 6.45) is 5.52. The van der Waals surface area contributed by atoms with E-state index in [0.717, 1.165) is 33.1 Å². The Morgan fingerprint density at radius 3 is 2.08 bits per heavy atom. The van der Waals surface area contributed by atoms with Gasteiger partial charge >= 0.3 is 0 Å². The van der Waals surface area contributed by atoms with Gasteiger partial charge in [0.05, 0.1) is 33.0 Å². The van der Waals surface area contributed by atoms with Gasteiger partial charge in [-0.2, -0.15) is 0 Å². The average molecular weight is 798 g/mol. The summed E-state index contributed by atoms with van der Waals surface area (Å²) in [5.41, 5.74) is 12.8. The normalized spacial score (nSPS) is 14.7. The van der Waals surface area contributed by atoms with Crippen molar-refractivity contribution in [3.8, 4) is 16.3 Å². The highest BCUT2D eigenvalue weighted by Crippen LogP contribution is 2.46. The van der Waals surface area contributed by atoms with E-state index < -0.39 is 0 Å². The van der Waals surface area contributed by atoms with E-state index in [2.05, 4.69) is 212 Å². The van der Waals surface area contributed by atoms with Gasteiger partial charge in [0.2, 0.25) is 0 Å². The van der Waals surface area contributed by atoms with E-state index in [1.807, 2.05) is 0 Å². The molecule has 0 amide bonds. The van der Waals surface area contributed by atoms with Crippen LogP contribution in [0.2, 0.25) is 0 Å². The molecule has 0 aliphatic carbocycles. The minimum atomic E-state index is -0.276. The second kappa shape index (κ2) is 14.4. The van der Waals surface area contributed by atoms with Gasteiger partial charge in [0.15, 0.2) is 0 Å². The first-order valence-corrected chi connectivity index (χ1v) is 21.8. The van der Waals surface area contributed by atoms with Crippen LogP contribution in [-0.4, -0.2) is 15.3 Å². The van der Waals surface area contributed by atoms with Crippen molar-refractivity contribution in [1.82, 2.24) is 9.55 Å². The molecule has 3 nitrogen and oxygen atoms in total. The van der Waals surface area contributed by atoms with Crippen molar-refractivity contribution in [3.63, 3.8) is 0 Å². The molecule has 12 rings (SSSR count). The van der Waals surface area contributed by atoms with E-state index in [-0.39, 0.29) is 6.04 Å². The summed E-state index contributed by atoms with van der Waals surface area (Å²) in [5.74, 6) is 0. The van der Waals surface area contributed by atoms with Gasteiger partial charge in [-0.3, -0.25) is 4.99 Å². The molecule has 0 bridgehead atoms. The van der Waals surface area contributed by atoms with E-state index in [4.69, 9.17) is 9.98 Å². The maximum atomic E-state index is 5.80. The number of aliphatic imine (C=N–C) groups is 1. The molecule has 0 saturated carbocycles. The summed E-state index contributed by atoms with van der Waals surface area (Å²) in [5, 5.41) is 10.9. The molecule has 0 radical (unpaired) electrons. The van der Waals surface area contributed by atoms with Gasteiger partial charge in [0.25, 0.3) is 0 Å². The second-order valence-electron chi connectivity index (χ2n) is 16.0. The summed E-state index contributed by atoms with van der Waals surface area (Å²) in [7, 11) is 0. The Morgan fingerprint density at radius 2 is 1.25 bits per heavy atom. The number of fused-ring (bicyclic) bond motifs is 9. The van der Waals surface area contributed by atoms with Crippen molar-refractivity contribution in [2.75, 3.05) is 0 Å². The average Bonchev–Trinajstić information content (AvgIpc) is 3.91. The predicted octanol–water partition coefficient (Wildman–Crippen LogP) is 15.5. The molecule has 9 aromatic carbocycles. The highest BCUT2D eigenvalue weighted by molar-refractivity contribution is 7.22. The number of aromatic nitrogens is 2. The first-order valence-electron chi connectivity index (χ1n) is 21.0. The standard InChI is InChI=1S/C57H39N3S/c1-36-34-51(58-49(38-17-4-2-5-18-38)33-32-41(36)44-26-14-22-37-16-8-10-23-42(37)44)48-35-40-21-9-11-24-43(40)46-30-31-47-45-25-12-13-28-52(45)60(55(47)54(46)48)53-29-15-27-50-56(53)61-57(59-50)39-19-6-3-7-20-39/h2-32,34-35,51H,33H2,1H3. The maximum absolute atomic E-state index is 5.80. The number of allylic oxidation sites excluding steroid dienone is 3. The summed E-state index contributed by atoms with van der Waals surface area (Å²) in [6, 6.07) is 67.8. The minimum Gasteiger partial charge on any atom is -0.307 e. The molecule has 1 aliphatic heterocycles. The predicted molar refractivity (Wildman–Crippen MR) is 260 cm³/mol. The lowest BCUT2D eigenvalue weighted by Gasteiger charge is -2.22. The Labute approximate surface area is 357 Å². The smallest absolute Gasteiger partial charge is 0.124 e. The first kappa shape index (κ1) is 35.5. The Kier molecular flexibility index (Phi) is 8.39. The van der Waals surface area contributed by atoms with Gasteiger partial charge in [0.1, 0.15) is 5.01 Å². The van der Waals surface area contributed by atoms with Gasteiger partial charge in [-0.25, -0.2) is 4.98 Å². The molecule has 4 heteroatoms. The lowest BCUT2D eigenvalue weighted by atomic mass is 9.87. The van der Waals surface area contributed by atoms with Crippen LogP contribution >= 0.6 is 11.3 Å². The number of hydrogen-bond donors (Lipinski definition) is 0. The number of rotatable bonds is 5. The molecule has 0 saturated heterocycles. The van der Waals surface area contributed by atoms with Gasteiger partial charge in [0, 0.05) is 33.9 Å². The highest BCUT2D eigenvalue weighted by Gasteiger charge is 2.25. The van der Waals surface area contributed by atoms with E-state index in [9.17, 15) is 0 Å². The fourth-order valence-corrected chi connectivity index (χ4v) is 10.8. The van der Waals surface area contributed by atoms with Gasteiger partial charge in [-0.05, 0) is 86.0 Å². The van der Waals surface area contributed by atoms with Crippen molar-refractivity contribution in [2.24, 2.45) is 4.99 Å². The maximum Gasteiger partial charge on any atom is 0.124 e.